The van der Waals surface area contributed by atoms with Gasteiger partial charge in [0, 0.05) is 59.2 Å². The minimum Gasteiger partial charge on any atom is -0.477 e. The summed E-state index contributed by atoms with van der Waals surface area (Å²) in [5.41, 5.74) is 7.52. The van der Waals surface area contributed by atoms with Crippen LogP contribution in [0.25, 0.3) is 87.8 Å². The predicted molar refractivity (Wildman–Crippen MR) is 218 cm³/mol. The number of nitrogens with zero attached hydrogens (tertiary/aromatic N) is 3. The molecule has 11 rings (SSSR count). The first-order chi connectivity index (χ1) is 27.1. The molecule has 56 heavy (non-hydrogen) atoms. The molecule has 1 N–H and O–H groups in total. The zero-order valence-corrected chi connectivity index (χ0v) is 31.9. The smallest absolute Gasteiger partial charge is 0.354 e. The van der Waals surface area contributed by atoms with E-state index in [-0.39, 0.29) is 25.8 Å². The summed E-state index contributed by atoms with van der Waals surface area (Å²) in [6.45, 7) is 0. The molecule has 0 atom stereocenters. The second-order valence-corrected chi connectivity index (χ2v) is 12.7. The number of rotatable bonds is 3. The van der Waals surface area contributed by atoms with E-state index in [1.165, 1.54) is 23.0 Å². The topological polar surface area (TPSA) is 102 Å². The number of fused-ring (bicyclic) bond motifs is 8. The molecule has 6 aromatic carbocycles. The SMILES string of the molecule is O=C(O)c1ccccn1.[Ir].[c-]1c(-c2nc3ccccc3c3occc23)ccc2ccccc12.[c-]1c(-c2nc3ccccc3c3occc23)ccc2ccccc12. The summed E-state index contributed by atoms with van der Waals surface area (Å²) in [5, 5.41) is 17.0. The molecule has 0 aliphatic rings. The summed E-state index contributed by atoms with van der Waals surface area (Å²) in [4.78, 5) is 23.4. The van der Waals surface area contributed by atoms with Crippen LogP contribution in [0.15, 0.2) is 179 Å². The van der Waals surface area contributed by atoms with Gasteiger partial charge >= 0.3 is 5.97 Å². The monoisotopic (exact) mass is 904 g/mol. The van der Waals surface area contributed by atoms with E-state index >= 15 is 0 Å². The van der Waals surface area contributed by atoms with Crippen LogP contribution < -0.4 is 0 Å². The Hall–Kier alpha value is -6.99. The number of hydrogen-bond acceptors (Lipinski definition) is 6. The van der Waals surface area contributed by atoms with Gasteiger partial charge in [0.05, 0.1) is 23.6 Å². The third kappa shape index (κ3) is 7.03. The van der Waals surface area contributed by atoms with Crippen molar-refractivity contribution in [1.29, 1.82) is 0 Å². The minimum atomic E-state index is -0.990. The van der Waals surface area contributed by atoms with Gasteiger partial charge in [-0.25, -0.2) is 9.78 Å². The van der Waals surface area contributed by atoms with Gasteiger partial charge in [-0.15, -0.1) is 59.3 Å². The van der Waals surface area contributed by atoms with E-state index in [4.69, 9.17) is 23.9 Å². The third-order valence-electron chi connectivity index (χ3n) is 9.32. The first-order valence-corrected chi connectivity index (χ1v) is 17.6. The van der Waals surface area contributed by atoms with Crippen molar-refractivity contribution < 1.29 is 38.8 Å². The van der Waals surface area contributed by atoms with Gasteiger partial charge in [0.25, 0.3) is 0 Å². The third-order valence-corrected chi connectivity index (χ3v) is 9.32. The molecule has 0 amide bonds. The minimum absolute atomic E-state index is 0. The molecular weight excluding hydrogens is 875 g/mol. The Bertz CT molecular complexity index is 2970. The molecule has 8 heteroatoms. The fourth-order valence-electron chi connectivity index (χ4n) is 6.70. The van der Waals surface area contributed by atoms with Crippen LogP contribution in [-0.4, -0.2) is 26.0 Å². The maximum absolute atomic E-state index is 10.1. The zero-order valence-electron chi connectivity index (χ0n) is 29.5. The van der Waals surface area contributed by atoms with Crippen LogP contribution in [-0.2, 0) is 20.1 Å². The van der Waals surface area contributed by atoms with E-state index in [0.29, 0.717) is 0 Å². The summed E-state index contributed by atoms with van der Waals surface area (Å²) in [6.07, 6.45) is 4.90. The van der Waals surface area contributed by atoms with Crippen molar-refractivity contribution in [3.05, 3.63) is 188 Å². The number of aromatic carboxylic acids is 1. The Morgan fingerprint density at radius 1 is 0.500 bits per heavy atom. The van der Waals surface area contributed by atoms with Gasteiger partial charge in [-0.3, -0.25) is 9.97 Å². The Balaban J connectivity index is 0.000000128. The Labute approximate surface area is 334 Å². The van der Waals surface area contributed by atoms with Crippen LogP contribution in [0.2, 0.25) is 0 Å². The van der Waals surface area contributed by atoms with Gasteiger partial charge in [-0.2, -0.15) is 0 Å². The quantitative estimate of drug-likeness (QED) is 0.176. The van der Waals surface area contributed by atoms with E-state index in [1.54, 1.807) is 24.7 Å². The first-order valence-electron chi connectivity index (χ1n) is 17.6. The molecule has 5 heterocycles. The van der Waals surface area contributed by atoms with E-state index < -0.39 is 5.97 Å². The van der Waals surface area contributed by atoms with Crippen LogP contribution in [0.5, 0.6) is 0 Å². The molecule has 271 valence electrons. The fraction of sp³-hybridized carbons (Fsp3) is 0. The standard InChI is InChI=1S/2C21H12NO.C6H5NO2.Ir/c2*1-2-6-15-13-16(10-9-14(15)5-1)20-18-11-12-23-21(18)17-7-3-4-8-19(17)22-20;8-6(9)5-3-1-2-4-7-5;/h2*1-12H;1-4H,(H,8,9);/q2*-1;;. The Morgan fingerprint density at radius 3 is 1.43 bits per heavy atom. The van der Waals surface area contributed by atoms with Crippen molar-refractivity contribution in [2.75, 3.05) is 0 Å². The number of carboxylic acids is 1. The molecule has 0 spiro atoms. The number of aromatic nitrogens is 3. The van der Waals surface area contributed by atoms with Crippen molar-refractivity contribution in [1.82, 2.24) is 15.0 Å². The average Bonchev–Trinajstić information content (AvgIpc) is 3.95. The van der Waals surface area contributed by atoms with Gasteiger partial charge in [-0.1, -0.05) is 88.6 Å². The van der Waals surface area contributed by atoms with Gasteiger partial charge in [0.1, 0.15) is 16.9 Å². The molecule has 0 unspecified atom stereocenters. The molecule has 0 saturated heterocycles. The normalized spacial score (nSPS) is 10.9. The zero-order chi connectivity index (χ0) is 37.1. The number of furan rings is 2. The summed E-state index contributed by atoms with van der Waals surface area (Å²) in [5.74, 6) is -0.990. The fourth-order valence-corrected chi connectivity index (χ4v) is 6.70. The average molecular weight is 904 g/mol. The van der Waals surface area contributed by atoms with Crippen LogP contribution in [0.4, 0.5) is 0 Å². The van der Waals surface area contributed by atoms with Crippen molar-refractivity contribution in [2.24, 2.45) is 0 Å². The molecule has 5 aromatic heterocycles. The number of benzene rings is 6. The molecule has 0 fully saturated rings. The summed E-state index contributed by atoms with van der Waals surface area (Å²) in [7, 11) is 0. The summed E-state index contributed by atoms with van der Waals surface area (Å²) >= 11 is 0. The largest absolute Gasteiger partial charge is 0.477 e. The molecule has 7 nitrogen and oxygen atoms in total. The first kappa shape index (κ1) is 36.0. The van der Waals surface area contributed by atoms with E-state index in [2.05, 4.69) is 65.6 Å². The van der Waals surface area contributed by atoms with Gasteiger partial charge in [-0.05, 0) is 48.5 Å². The van der Waals surface area contributed by atoms with Crippen LogP contribution in [0.3, 0.4) is 0 Å². The van der Waals surface area contributed by atoms with Gasteiger partial charge < -0.3 is 13.9 Å². The predicted octanol–water partition coefficient (Wildman–Crippen LogP) is 12.0. The van der Waals surface area contributed by atoms with E-state index in [9.17, 15) is 4.79 Å². The maximum Gasteiger partial charge on any atom is 0.354 e. The number of hydrogen-bond donors (Lipinski definition) is 1. The summed E-state index contributed by atoms with van der Waals surface area (Å²) in [6, 6.07) is 56.7. The van der Waals surface area contributed by atoms with Crippen molar-refractivity contribution in [2.45, 2.75) is 0 Å². The second kappa shape index (κ2) is 15.8. The molecule has 11 aromatic rings. The Kier molecular flexibility index (Phi) is 10.1. The van der Waals surface area contributed by atoms with Crippen LogP contribution >= 0.6 is 0 Å². The molecule has 0 aliphatic carbocycles. The number of para-hydroxylation sites is 2. The number of carbonyl (C=O) groups is 1. The maximum atomic E-state index is 10.1. The van der Waals surface area contributed by atoms with Crippen molar-refractivity contribution in [3.8, 4) is 22.5 Å². The molecule has 1 radical (unpaired) electrons. The number of carboxylic acid groups (broad SMARTS) is 1. The Morgan fingerprint density at radius 2 is 0.964 bits per heavy atom. The van der Waals surface area contributed by atoms with Crippen molar-refractivity contribution in [3.63, 3.8) is 0 Å². The second-order valence-electron chi connectivity index (χ2n) is 12.7. The molecular formula is C48H29IrN3O4-2. The van der Waals surface area contributed by atoms with Crippen LogP contribution in [0.1, 0.15) is 10.5 Å². The van der Waals surface area contributed by atoms with Crippen LogP contribution in [0, 0.1) is 12.1 Å². The molecule has 0 bridgehead atoms. The number of pyridine rings is 3. The van der Waals surface area contributed by atoms with E-state index in [0.717, 1.165) is 77.0 Å². The molecule has 0 aliphatic heterocycles. The van der Waals surface area contributed by atoms with Crippen molar-refractivity contribution >= 4 is 71.3 Å². The van der Waals surface area contributed by atoms with Gasteiger partial charge in [0.2, 0.25) is 0 Å². The molecule has 0 saturated carbocycles. The summed E-state index contributed by atoms with van der Waals surface area (Å²) < 4.78 is 11.5. The van der Waals surface area contributed by atoms with E-state index in [1.807, 2.05) is 84.9 Å². The van der Waals surface area contributed by atoms with Gasteiger partial charge in [0.15, 0.2) is 0 Å².